The molecule has 216 valence electrons. The number of ether oxygens (including phenoxy) is 1. The third-order valence-corrected chi connectivity index (χ3v) is 8.91. The Labute approximate surface area is 237 Å². The van der Waals surface area contributed by atoms with Crippen LogP contribution in [-0.2, 0) is 23.0 Å². The van der Waals surface area contributed by atoms with Crippen molar-refractivity contribution < 1.29 is 18.3 Å². The van der Waals surface area contributed by atoms with Gasteiger partial charge in [0, 0.05) is 18.2 Å². The molecule has 1 fully saturated rings. The first kappa shape index (κ1) is 28.5. The standard InChI is InChI=1S/C27H32N8O5S/c1-5-15(3)35-25-22(33-24(27(35)37)29-11-17-9-10-18(12-28-17)41(38,39)6-2)19(13-36)32-23(34-25)20-21(16-7-8-16)30-14-31-26(20)40-4/h9-10,12,14-16,36H,5-8,11,13H2,1-4H3,(H,29,33)/t15-/m1/s1. The average Bonchev–Trinajstić information content (AvgIpc) is 3.84. The molecule has 1 atom stereocenters. The number of nitrogens with one attached hydrogen (secondary N) is 1. The first-order valence-corrected chi connectivity index (χ1v) is 15.1. The van der Waals surface area contributed by atoms with Crippen LogP contribution in [0.25, 0.3) is 22.6 Å². The Morgan fingerprint density at radius 1 is 1.15 bits per heavy atom. The van der Waals surface area contributed by atoms with E-state index in [1.807, 2.05) is 13.8 Å². The predicted molar refractivity (Wildman–Crippen MR) is 151 cm³/mol. The van der Waals surface area contributed by atoms with Gasteiger partial charge in [0.1, 0.15) is 17.4 Å². The Kier molecular flexibility index (Phi) is 7.95. The summed E-state index contributed by atoms with van der Waals surface area (Å²) in [6.45, 7) is 5.11. The SMILES string of the molecule is CC[C@@H](C)n1c(=O)c(NCc2ccc(S(=O)(=O)CC)cn2)nc2c(CO)nc(-c3c(OC)ncnc3C3CC3)nc21. The van der Waals surface area contributed by atoms with Crippen LogP contribution in [0.4, 0.5) is 5.82 Å². The van der Waals surface area contributed by atoms with Gasteiger partial charge in [-0.1, -0.05) is 13.8 Å². The third kappa shape index (κ3) is 5.48. The molecule has 1 aliphatic carbocycles. The van der Waals surface area contributed by atoms with E-state index in [2.05, 4.69) is 30.2 Å². The van der Waals surface area contributed by atoms with Crippen LogP contribution in [0, 0.1) is 0 Å². The van der Waals surface area contributed by atoms with E-state index in [0.29, 0.717) is 23.6 Å². The minimum atomic E-state index is -3.37. The van der Waals surface area contributed by atoms with E-state index >= 15 is 0 Å². The predicted octanol–water partition coefficient (Wildman–Crippen LogP) is 2.79. The fraction of sp³-hybridized carbons (Fsp3) is 0.444. The molecule has 0 amide bonds. The molecule has 0 saturated heterocycles. The van der Waals surface area contributed by atoms with Crippen molar-refractivity contribution in [1.82, 2.24) is 34.5 Å². The number of pyridine rings is 1. The molecule has 4 heterocycles. The van der Waals surface area contributed by atoms with Gasteiger partial charge >= 0.3 is 0 Å². The average molecular weight is 581 g/mol. The van der Waals surface area contributed by atoms with Crippen LogP contribution in [0.3, 0.4) is 0 Å². The molecule has 41 heavy (non-hydrogen) atoms. The molecule has 0 aromatic carbocycles. The zero-order valence-corrected chi connectivity index (χ0v) is 24.1. The van der Waals surface area contributed by atoms with Crippen LogP contribution in [0.2, 0.25) is 0 Å². The Balaban J connectivity index is 1.61. The molecule has 5 rings (SSSR count). The quantitative estimate of drug-likeness (QED) is 0.266. The van der Waals surface area contributed by atoms with Crippen LogP contribution >= 0.6 is 0 Å². The topological polar surface area (TPSA) is 175 Å². The zero-order chi connectivity index (χ0) is 29.3. The highest BCUT2D eigenvalue weighted by molar-refractivity contribution is 7.91. The number of fused-ring (bicyclic) bond motifs is 1. The number of aromatic nitrogens is 7. The fourth-order valence-corrected chi connectivity index (χ4v) is 5.35. The lowest BCUT2D eigenvalue weighted by Gasteiger charge is -2.19. The summed E-state index contributed by atoms with van der Waals surface area (Å²) in [5.41, 5.74) is 2.24. The van der Waals surface area contributed by atoms with Gasteiger partial charge in [-0.15, -0.1) is 0 Å². The van der Waals surface area contributed by atoms with Gasteiger partial charge in [0.15, 0.2) is 27.1 Å². The second kappa shape index (κ2) is 11.4. The van der Waals surface area contributed by atoms with Gasteiger partial charge < -0.3 is 15.2 Å². The molecular weight excluding hydrogens is 548 g/mol. The Morgan fingerprint density at radius 3 is 2.54 bits per heavy atom. The molecule has 0 aliphatic heterocycles. The second-order valence-electron chi connectivity index (χ2n) is 9.88. The van der Waals surface area contributed by atoms with Crippen molar-refractivity contribution in [2.75, 3.05) is 18.2 Å². The Hall–Kier alpha value is -4.04. The lowest BCUT2D eigenvalue weighted by molar-refractivity contribution is 0.278. The normalized spacial score (nSPS) is 14.3. The van der Waals surface area contributed by atoms with E-state index in [1.54, 1.807) is 17.6 Å². The molecule has 14 heteroatoms. The maximum atomic E-state index is 13.8. The summed E-state index contributed by atoms with van der Waals surface area (Å²) in [5.74, 6) is 0.830. The highest BCUT2D eigenvalue weighted by Gasteiger charge is 2.32. The summed E-state index contributed by atoms with van der Waals surface area (Å²) in [7, 11) is -1.86. The van der Waals surface area contributed by atoms with Crippen molar-refractivity contribution in [2.24, 2.45) is 0 Å². The summed E-state index contributed by atoms with van der Waals surface area (Å²) in [5, 5.41) is 13.4. The van der Waals surface area contributed by atoms with Crippen molar-refractivity contribution in [3.05, 3.63) is 52.1 Å². The summed E-state index contributed by atoms with van der Waals surface area (Å²) in [4.78, 5) is 40.8. The lowest BCUT2D eigenvalue weighted by atomic mass is 10.1. The first-order valence-electron chi connectivity index (χ1n) is 13.5. The monoisotopic (exact) mass is 580 g/mol. The van der Waals surface area contributed by atoms with Crippen LogP contribution < -0.4 is 15.6 Å². The highest BCUT2D eigenvalue weighted by atomic mass is 32.2. The number of aliphatic hydroxyl groups is 1. The smallest absolute Gasteiger partial charge is 0.295 e. The largest absolute Gasteiger partial charge is 0.480 e. The molecule has 2 N–H and O–H groups in total. The highest BCUT2D eigenvalue weighted by Crippen LogP contribution is 2.45. The van der Waals surface area contributed by atoms with E-state index in [1.165, 1.54) is 25.7 Å². The number of methoxy groups -OCH3 is 1. The maximum Gasteiger partial charge on any atom is 0.295 e. The zero-order valence-electron chi connectivity index (χ0n) is 23.3. The van der Waals surface area contributed by atoms with Crippen molar-refractivity contribution in [1.29, 1.82) is 0 Å². The molecular formula is C27H32N8O5S. The minimum absolute atomic E-state index is 0.0224. The third-order valence-electron chi connectivity index (χ3n) is 7.19. The number of anilines is 1. The van der Waals surface area contributed by atoms with Crippen molar-refractivity contribution in [3.63, 3.8) is 0 Å². The van der Waals surface area contributed by atoms with Gasteiger partial charge in [0.25, 0.3) is 5.56 Å². The molecule has 0 radical (unpaired) electrons. The summed E-state index contributed by atoms with van der Waals surface area (Å²) in [6.07, 6.45) is 5.34. The van der Waals surface area contributed by atoms with Crippen LogP contribution in [0.1, 0.15) is 69.1 Å². The van der Waals surface area contributed by atoms with E-state index in [-0.39, 0.29) is 57.7 Å². The van der Waals surface area contributed by atoms with Gasteiger partial charge in [0.2, 0.25) is 5.88 Å². The first-order chi connectivity index (χ1) is 19.7. The second-order valence-corrected chi connectivity index (χ2v) is 12.2. The number of rotatable bonds is 11. The minimum Gasteiger partial charge on any atom is -0.480 e. The van der Waals surface area contributed by atoms with Crippen LogP contribution in [0.5, 0.6) is 5.88 Å². The molecule has 1 aliphatic rings. The molecule has 4 aromatic heterocycles. The molecule has 0 unspecified atom stereocenters. The number of hydrogen-bond acceptors (Lipinski definition) is 12. The van der Waals surface area contributed by atoms with Crippen molar-refractivity contribution >= 4 is 26.8 Å². The Morgan fingerprint density at radius 2 is 1.93 bits per heavy atom. The van der Waals surface area contributed by atoms with Gasteiger partial charge in [-0.2, -0.15) is 0 Å². The van der Waals surface area contributed by atoms with Crippen LogP contribution in [-0.4, -0.2) is 60.9 Å². The number of nitrogens with zero attached hydrogens (tertiary/aromatic N) is 7. The summed E-state index contributed by atoms with van der Waals surface area (Å²) in [6, 6.07) is 2.83. The number of hydrogen-bond donors (Lipinski definition) is 2. The molecule has 0 spiro atoms. The molecule has 0 bridgehead atoms. The molecule has 4 aromatic rings. The molecule has 13 nitrogen and oxygen atoms in total. The van der Waals surface area contributed by atoms with Gasteiger partial charge in [-0.3, -0.25) is 14.3 Å². The van der Waals surface area contributed by atoms with Crippen molar-refractivity contribution in [3.8, 4) is 17.3 Å². The van der Waals surface area contributed by atoms with Gasteiger partial charge in [0.05, 0.1) is 48.0 Å². The van der Waals surface area contributed by atoms with Crippen LogP contribution in [0.15, 0.2) is 34.3 Å². The summed E-state index contributed by atoms with van der Waals surface area (Å²) >= 11 is 0. The van der Waals surface area contributed by atoms with E-state index < -0.39 is 22.0 Å². The van der Waals surface area contributed by atoms with Crippen molar-refractivity contribution in [2.45, 2.75) is 70.0 Å². The van der Waals surface area contributed by atoms with Gasteiger partial charge in [-0.25, -0.2) is 33.3 Å². The Bertz CT molecular complexity index is 1750. The lowest BCUT2D eigenvalue weighted by Crippen LogP contribution is -2.29. The van der Waals surface area contributed by atoms with Gasteiger partial charge in [-0.05, 0) is 38.3 Å². The van der Waals surface area contributed by atoms with E-state index in [4.69, 9.17) is 9.72 Å². The maximum absolute atomic E-state index is 13.8. The molecule has 1 saturated carbocycles. The van der Waals surface area contributed by atoms with E-state index in [0.717, 1.165) is 18.5 Å². The number of sulfone groups is 1. The summed E-state index contributed by atoms with van der Waals surface area (Å²) < 4.78 is 31.3. The fourth-order valence-electron chi connectivity index (χ4n) is 4.52. The van der Waals surface area contributed by atoms with E-state index in [9.17, 15) is 18.3 Å². The number of aliphatic hydroxyl groups excluding tert-OH is 1.